The average molecular weight is 420 g/mol. The number of amides is 1. The van der Waals surface area contributed by atoms with Gasteiger partial charge in [0.25, 0.3) is 5.91 Å². The van der Waals surface area contributed by atoms with E-state index in [2.05, 4.69) is 16.0 Å². The Hall–Kier alpha value is -3.26. The molecule has 0 radical (unpaired) electrons. The number of aromatic nitrogens is 2. The van der Waals surface area contributed by atoms with E-state index in [4.69, 9.17) is 5.11 Å². The van der Waals surface area contributed by atoms with Crippen molar-refractivity contribution >= 4 is 29.2 Å². The molecule has 3 aromatic rings. The molecule has 4 heterocycles. The molecule has 2 saturated heterocycles. The zero-order chi connectivity index (χ0) is 20.7. The Labute approximate surface area is 177 Å². The fraction of sp³-hybridized carbons (Fsp3) is 0.273. The summed E-state index contributed by atoms with van der Waals surface area (Å²) in [6, 6.07) is 13.3. The summed E-state index contributed by atoms with van der Waals surface area (Å²) in [5.41, 5.74) is 1.80. The summed E-state index contributed by atoms with van der Waals surface area (Å²) in [5, 5.41) is 11.2. The van der Waals surface area contributed by atoms with Crippen LogP contribution in [0.1, 0.15) is 27.3 Å². The van der Waals surface area contributed by atoms with Gasteiger partial charge in [-0.15, -0.1) is 11.3 Å². The summed E-state index contributed by atoms with van der Waals surface area (Å²) in [6.45, 7) is 2.89. The largest absolute Gasteiger partial charge is 0.477 e. The number of thiophene rings is 1. The minimum Gasteiger partial charge on any atom is -0.477 e. The van der Waals surface area contributed by atoms with E-state index in [0.717, 1.165) is 30.0 Å². The molecule has 0 unspecified atom stereocenters. The zero-order valence-corrected chi connectivity index (χ0v) is 17.0. The predicted octanol–water partition coefficient (Wildman–Crippen LogP) is 3.26. The van der Waals surface area contributed by atoms with E-state index in [-0.39, 0.29) is 17.0 Å². The summed E-state index contributed by atoms with van der Waals surface area (Å²) in [6.07, 6.45) is 2.42. The van der Waals surface area contributed by atoms with Crippen LogP contribution in [0.15, 0.2) is 54.0 Å². The van der Waals surface area contributed by atoms with Crippen molar-refractivity contribution in [2.45, 2.75) is 6.42 Å². The van der Waals surface area contributed by atoms with Crippen LogP contribution >= 0.6 is 11.3 Å². The lowest BCUT2D eigenvalue weighted by Gasteiger charge is -2.48. The molecule has 30 heavy (non-hydrogen) atoms. The van der Waals surface area contributed by atoms with Crippen molar-refractivity contribution in [3.8, 4) is 10.4 Å². The van der Waals surface area contributed by atoms with Crippen LogP contribution in [0.5, 0.6) is 0 Å². The quantitative estimate of drug-likeness (QED) is 0.697. The maximum absolute atomic E-state index is 13.0. The first-order chi connectivity index (χ1) is 14.5. The monoisotopic (exact) mass is 420 g/mol. The van der Waals surface area contributed by atoms with Gasteiger partial charge < -0.3 is 14.9 Å². The van der Waals surface area contributed by atoms with E-state index in [9.17, 15) is 9.59 Å². The smallest absolute Gasteiger partial charge is 0.354 e. The van der Waals surface area contributed by atoms with Crippen LogP contribution in [0.4, 0.5) is 5.95 Å². The molecule has 1 spiro atoms. The van der Waals surface area contributed by atoms with E-state index in [1.165, 1.54) is 12.3 Å². The van der Waals surface area contributed by atoms with Crippen molar-refractivity contribution in [3.63, 3.8) is 0 Å². The van der Waals surface area contributed by atoms with Gasteiger partial charge in [0.2, 0.25) is 5.95 Å². The maximum Gasteiger partial charge on any atom is 0.354 e. The first kappa shape index (κ1) is 18.7. The second-order valence-corrected chi connectivity index (χ2v) is 8.89. The number of anilines is 1. The average Bonchev–Trinajstić information content (AvgIpc) is 3.43. The van der Waals surface area contributed by atoms with Crippen molar-refractivity contribution < 1.29 is 14.7 Å². The number of carboxylic acids is 1. The first-order valence-corrected chi connectivity index (χ1v) is 10.7. The Morgan fingerprint density at radius 3 is 2.73 bits per heavy atom. The van der Waals surface area contributed by atoms with Gasteiger partial charge in [-0.2, -0.15) is 0 Å². The fourth-order valence-electron chi connectivity index (χ4n) is 4.32. The number of nitrogens with zero attached hydrogens (tertiary/aromatic N) is 4. The third kappa shape index (κ3) is 3.33. The van der Waals surface area contributed by atoms with E-state index in [0.29, 0.717) is 24.6 Å². The van der Waals surface area contributed by atoms with Gasteiger partial charge in [-0.05, 0) is 41.6 Å². The molecular formula is C22H20N4O3S. The molecule has 5 rings (SSSR count). The lowest BCUT2D eigenvalue weighted by molar-refractivity contribution is 0.0167. The van der Waals surface area contributed by atoms with Crippen molar-refractivity contribution in [1.82, 2.24) is 14.9 Å². The summed E-state index contributed by atoms with van der Waals surface area (Å²) < 4.78 is 0. The predicted molar refractivity (Wildman–Crippen MR) is 114 cm³/mol. The second kappa shape index (κ2) is 7.21. The number of likely N-dealkylation sites (tertiary alicyclic amines) is 1. The molecule has 152 valence electrons. The molecule has 1 N–H and O–H groups in total. The highest BCUT2D eigenvalue weighted by Gasteiger charge is 2.49. The van der Waals surface area contributed by atoms with Crippen LogP contribution in [0.25, 0.3) is 10.4 Å². The molecule has 0 bridgehead atoms. The summed E-state index contributed by atoms with van der Waals surface area (Å²) >= 11 is 1.66. The normalized spacial score (nSPS) is 17.2. The third-order valence-corrected chi connectivity index (χ3v) is 6.76. The molecule has 8 heteroatoms. The number of benzene rings is 1. The van der Waals surface area contributed by atoms with Gasteiger partial charge in [0.05, 0.1) is 0 Å². The van der Waals surface area contributed by atoms with Gasteiger partial charge in [0.15, 0.2) is 5.69 Å². The maximum atomic E-state index is 13.0. The Balaban J connectivity index is 1.25. The number of hydrogen-bond acceptors (Lipinski definition) is 6. The molecule has 1 aromatic carbocycles. The molecular weight excluding hydrogens is 400 g/mol. The van der Waals surface area contributed by atoms with Crippen molar-refractivity contribution in [2.24, 2.45) is 5.41 Å². The van der Waals surface area contributed by atoms with Gasteiger partial charge >= 0.3 is 5.97 Å². The number of carboxylic acid groups (broad SMARTS) is 1. The van der Waals surface area contributed by atoms with Crippen LogP contribution in [-0.4, -0.2) is 58.0 Å². The molecule has 0 aliphatic carbocycles. The van der Waals surface area contributed by atoms with Gasteiger partial charge in [-0.3, -0.25) is 4.79 Å². The van der Waals surface area contributed by atoms with Crippen LogP contribution in [0, 0.1) is 5.41 Å². The van der Waals surface area contributed by atoms with Crippen LogP contribution in [-0.2, 0) is 0 Å². The SMILES string of the molecule is O=C(O)c1ccnc(N2CCC3(CN(C(=O)c4cccc(-c5cccs5)c4)C3)C2)n1. The lowest BCUT2D eigenvalue weighted by atomic mass is 9.78. The highest BCUT2D eigenvalue weighted by atomic mass is 32.1. The number of aromatic carboxylic acids is 1. The van der Waals surface area contributed by atoms with Gasteiger partial charge in [-0.1, -0.05) is 18.2 Å². The van der Waals surface area contributed by atoms with Crippen LogP contribution < -0.4 is 4.90 Å². The molecule has 2 fully saturated rings. The van der Waals surface area contributed by atoms with E-state index < -0.39 is 5.97 Å². The van der Waals surface area contributed by atoms with E-state index >= 15 is 0 Å². The van der Waals surface area contributed by atoms with Gasteiger partial charge in [-0.25, -0.2) is 14.8 Å². The molecule has 7 nitrogen and oxygen atoms in total. The molecule has 2 aliphatic heterocycles. The lowest BCUT2D eigenvalue weighted by Crippen LogP contribution is -2.59. The Kier molecular flexibility index (Phi) is 4.51. The number of carbonyl (C=O) groups is 2. The summed E-state index contributed by atoms with van der Waals surface area (Å²) in [4.78, 5) is 37.6. The van der Waals surface area contributed by atoms with Crippen LogP contribution in [0.2, 0.25) is 0 Å². The van der Waals surface area contributed by atoms with Crippen molar-refractivity contribution in [3.05, 3.63) is 65.3 Å². The van der Waals surface area contributed by atoms with Gasteiger partial charge in [0, 0.05) is 48.2 Å². The van der Waals surface area contributed by atoms with Crippen molar-refractivity contribution in [2.75, 3.05) is 31.1 Å². The minimum atomic E-state index is -1.06. The van der Waals surface area contributed by atoms with Crippen molar-refractivity contribution in [1.29, 1.82) is 0 Å². The number of hydrogen-bond donors (Lipinski definition) is 1. The molecule has 2 aliphatic rings. The van der Waals surface area contributed by atoms with E-state index in [1.807, 2.05) is 45.5 Å². The first-order valence-electron chi connectivity index (χ1n) is 9.78. The summed E-state index contributed by atoms with van der Waals surface area (Å²) in [7, 11) is 0. The van der Waals surface area contributed by atoms with Gasteiger partial charge in [0.1, 0.15) is 0 Å². The molecule has 2 aromatic heterocycles. The molecule has 0 atom stereocenters. The third-order valence-electron chi connectivity index (χ3n) is 5.84. The Bertz CT molecular complexity index is 1110. The summed E-state index contributed by atoms with van der Waals surface area (Å²) in [5.74, 6) is -0.556. The zero-order valence-electron chi connectivity index (χ0n) is 16.2. The Morgan fingerprint density at radius 1 is 1.10 bits per heavy atom. The highest BCUT2D eigenvalue weighted by Crippen LogP contribution is 2.41. The second-order valence-electron chi connectivity index (χ2n) is 7.94. The standard InChI is InChI=1S/C22H20N4O3S/c27-19(16-4-1-3-15(11-16)18-5-2-10-30-18)26-13-22(14-26)7-9-25(12-22)21-23-8-6-17(24-21)20(28)29/h1-6,8,10-11H,7,9,12-14H2,(H,28,29). The number of carbonyl (C=O) groups excluding carboxylic acids is 1. The number of rotatable bonds is 4. The highest BCUT2D eigenvalue weighted by molar-refractivity contribution is 7.13. The Morgan fingerprint density at radius 2 is 1.97 bits per heavy atom. The topological polar surface area (TPSA) is 86.6 Å². The van der Waals surface area contributed by atoms with E-state index in [1.54, 1.807) is 11.3 Å². The van der Waals surface area contributed by atoms with Crippen LogP contribution in [0.3, 0.4) is 0 Å². The molecule has 0 saturated carbocycles. The fourth-order valence-corrected chi connectivity index (χ4v) is 5.05. The molecule has 1 amide bonds. The minimum absolute atomic E-state index is 0.00279.